The van der Waals surface area contributed by atoms with Gasteiger partial charge in [0.05, 0.1) is 16.1 Å². The van der Waals surface area contributed by atoms with Crippen LogP contribution in [-0.4, -0.2) is 54.5 Å². The summed E-state index contributed by atoms with van der Waals surface area (Å²) in [6.45, 7) is 3.97. The number of aromatic nitrogens is 2. The number of nitrogens with two attached hydrogens (primary N) is 1. The van der Waals surface area contributed by atoms with Crippen LogP contribution < -0.4 is 10.6 Å². The van der Waals surface area contributed by atoms with E-state index in [1.807, 2.05) is 6.07 Å². The van der Waals surface area contributed by atoms with Gasteiger partial charge in [-0.15, -0.1) is 0 Å². The van der Waals surface area contributed by atoms with Crippen LogP contribution >= 0.6 is 0 Å². The highest BCUT2D eigenvalue weighted by molar-refractivity contribution is 7.90. The molecule has 2 aromatic heterocycles. The minimum absolute atomic E-state index is 0.181. The third-order valence-electron chi connectivity index (χ3n) is 5.85. The second kappa shape index (κ2) is 6.49. The van der Waals surface area contributed by atoms with E-state index in [4.69, 9.17) is 5.73 Å². The van der Waals surface area contributed by atoms with E-state index in [2.05, 4.69) is 14.8 Å². The number of nitrogens with zero attached hydrogens (tertiary/aromatic N) is 4. The summed E-state index contributed by atoms with van der Waals surface area (Å²) < 4.78 is 28.0. The first-order valence-corrected chi connectivity index (χ1v) is 11.0. The number of hydrogen-bond donors (Lipinski definition) is 1. The molecule has 2 N–H and O–H groups in total. The zero-order valence-corrected chi connectivity index (χ0v) is 16.3. The van der Waals surface area contributed by atoms with Gasteiger partial charge in [0.2, 0.25) is 0 Å². The second-order valence-electron chi connectivity index (χ2n) is 7.54. The Hall–Kier alpha value is -2.58. The maximum atomic E-state index is 13.3. The molecule has 2 aliphatic heterocycles. The van der Waals surface area contributed by atoms with Gasteiger partial charge in [-0.1, -0.05) is 6.07 Å². The van der Waals surface area contributed by atoms with Crippen molar-refractivity contribution in [1.82, 2.24) is 13.9 Å². The minimum Gasteiger partial charge on any atom is -0.399 e. The molecule has 0 aliphatic carbocycles. The first kappa shape index (κ1) is 17.5. The highest BCUT2D eigenvalue weighted by Crippen LogP contribution is 2.33. The third-order valence-corrected chi connectivity index (χ3v) is 7.52. The Balaban J connectivity index is 1.61. The summed E-state index contributed by atoms with van der Waals surface area (Å²) in [5, 5.41) is 0. The second-order valence-corrected chi connectivity index (χ2v) is 9.35. The quantitative estimate of drug-likeness (QED) is 0.682. The first-order chi connectivity index (χ1) is 13.5. The third kappa shape index (κ3) is 2.75. The number of piperazine rings is 1. The summed E-state index contributed by atoms with van der Waals surface area (Å²) in [4.78, 5) is 9.52. The summed E-state index contributed by atoms with van der Waals surface area (Å²) >= 11 is 0. The molecular weight excluding hydrogens is 374 g/mol. The first-order valence-electron chi connectivity index (χ1n) is 9.60. The Morgan fingerprint density at radius 3 is 2.86 bits per heavy atom. The number of hydrogen-bond acceptors (Lipinski definition) is 6. The zero-order chi connectivity index (χ0) is 19.3. The lowest BCUT2D eigenvalue weighted by Gasteiger charge is -2.38. The van der Waals surface area contributed by atoms with Crippen molar-refractivity contribution in [3.8, 4) is 0 Å². The minimum atomic E-state index is -3.76. The maximum Gasteiger partial charge on any atom is 0.268 e. The molecule has 1 atom stereocenters. The van der Waals surface area contributed by atoms with Crippen molar-refractivity contribution in [2.45, 2.75) is 23.8 Å². The van der Waals surface area contributed by atoms with Gasteiger partial charge in [0.25, 0.3) is 10.0 Å². The van der Waals surface area contributed by atoms with E-state index >= 15 is 0 Å². The normalized spacial score (nSPS) is 20.6. The fraction of sp³-hybridized carbons (Fsp3) is 0.350. The van der Waals surface area contributed by atoms with Crippen LogP contribution in [0.15, 0.2) is 53.7 Å². The van der Waals surface area contributed by atoms with Crippen molar-refractivity contribution in [2.24, 2.45) is 0 Å². The smallest absolute Gasteiger partial charge is 0.268 e. The van der Waals surface area contributed by atoms with Crippen molar-refractivity contribution >= 4 is 32.4 Å². The SMILES string of the molecule is Nc1cccc(S(=O)(=O)n2cc(N3CCN4CCCC4C3)c3ncccc32)c1. The molecule has 5 rings (SSSR count). The molecule has 7 nitrogen and oxygen atoms in total. The molecule has 0 bridgehead atoms. The van der Waals surface area contributed by atoms with E-state index in [0.717, 1.165) is 30.8 Å². The molecule has 146 valence electrons. The highest BCUT2D eigenvalue weighted by Gasteiger charge is 2.32. The average molecular weight is 398 g/mol. The van der Waals surface area contributed by atoms with Crippen LogP contribution in [0.25, 0.3) is 11.0 Å². The van der Waals surface area contributed by atoms with E-state index in [1.165, 1.54) is 29.4 Å². The van der Waals surface area contributed by atoms with Gasteiger partial charge in [0, 0.05) is 43.8 Å². The predicted molar refractivity (Wildman–Crippen MR) is 110 cm³/mol. The van der Waals surface area contributed by atoms with Gasteiger partial charge in [0.1, 0.15) is 5.52 Å². The molecule has 3 aromatic rings. The van der Waals surface area contributed by atoms with Crippen molar-refractivity contribution in [1.29, 1.82) is 0 Å². The zero-order valence-electron chi connectivity index (χ0n) is 15.5. The van der Waals surface area contributed by atoms with Crippen molar-refractivity contribution in [2.75, 3.05) is 36.8 Å². The number of fused-ring (bicyclic) bond motifs is 2. The van der Waals surface area contributed by atoms with Crippen LogP contribution in [0.4, 0.5) is 11.4 Å². The van der Waals surface area contributed by atoms with Crippen LogP contribution in [0, 0.1) is 0 Å². The Labute approximate surface area is 164 Å². The maximum absolute atomic E-state index is 13.3. The van der Waals surface area contributed by atoms with E-state index in [9.17, 15) is 8.42 Å². The molecule has 1 aromatic carbocycles. The number of pyridine rings is 1. The van der Waals surface area contributed by atoms with E-state index < -0.39 is 10.0 Å². The standard InChI is InChI=1S/C20H23N5O2S/c21-15-4-1-6-17(12-15)28(26,27)25-14-19(20-18(25)7-2-8-22-20)24-11-10-23-9-3-5-16(23)13-24/h1-2,4,6-8,12,14,16H,3,5,9-11,13,21H2. The molecule has 0 amide bonds. The number of nitrogen functional groups attached to an aromatic ring is 1. The number of benzene rings is 1. The molecule has 1 unspecified atom stereocenters. The van der Waals surface area contributed by atoms with Gasteiger partial charge in [0.15, 0.2) is 0 Å². The molecule has 0 spiro atoms. The van der Waals surface area contributed by atoms with Crippen LogP contribution in [0.5, 0.6) is 0 Å². The van der Waals surface area contributed by atoms with Crippen LogP contribution in [0.1, 0.15) is 12.8 Å². The molecule has 2 fully saturated rings. The molecule has 0 radical (unpaired) electrons. The van der Waals surface area contributed by atoms with Crippen molar-refractivity contribution in [3.63, 3.8) is 0 Å². The van der Waals surface area contributed by atoms with Gasteiger partial charge in [-0.3, -0.25) is 9.88 Å². The summed E-state index contributed by atoms with van der Waals surface area (Å²) in [6, 6.07) is 10.5. The van der Waals surface area contributed by atoms with Gasteiger partial charge < -0.3 is 10.6 Å². The predicted octanol–water partition coefficient (Wildman–Crippen LogP) is 2.14. The molecule has 28 heavy (non-hydrogen) atoms. The monoisotopic (exact) mass is 397 g/mol. The molecule has 4 heterocycles. The molecule has 2 aliphatic rings. The molecule has 0 saturated carbocycles. The van der Waals surface area contributed by atoms with Gasteiger partial charge in [-0.05, 0) is 49.7 Å². The number of rotatable bonds is 3. The summed E-state index contributed by atoms with van der Waals surface area (Å²) in [7, 11) is -3.76. The summed E-state index contributed by atoms with van der Waals surface area (Å²) in [5.74, 6) is 0. The highest BCUT2D eigenvalue weighted by atomic mass is 32.2. The Bertz CT molecular complexity index is 1140. The van der Waals surface area contributed by atoms with Crippen LogP contribution in [0.2, 0.25) is 0 Å². The average Bonchev–Trinajstić information content (AvgIpc) is 3.32. The van der Waals surface area contributed by atoms with E-state index in [-0.39, 0.29) is 4.90 Å². The van der Waals surface area contributed by atoms with E-state index in [1.54, 1.807) is 36.7 Å². The fourth-order valence-corrected chi connectivity index (χ4v) is 5.85. The topological polar surface area (TPSA) is 84.5 Å². The van der Waals surface area contributed by atoms with Crippen molar-refractivity contribution < 1.29 is 8.42 Å². The lowest BCUT2D eigenvalue weighted by molar-refractivity contribution is 0.231. The largest absolute Gasteiger partial charge is 0.399 e. The van der Waals surface area contributed by atoms with E-state index in [0.29, 0.717) is 17.2 Å². The molecule has 8 heteroatoms. The Kier molecular flexibility index (Phi) is 4.06. The van der Waals surface area contributed by atoms with Gasteiger partial charge in [-0.2, -0.15) is 0 Å². The summed E-state index contributed by atoms with van der Waals surface area (Å²) in [6.07, 6.45) is 5.88. The van der Waals surface area contributed by atoms with Crippen LogP contribution in [0.3, 0.4) is 0 Å². The number of anilines is 2. The fourth-order valence-electron chi connectivity index (χ4n) is 4.44. The van der Waals surface area contributed by atoms with Gasteiger partial charge in [-0.25, -0.2) is 12.4 Å². The molecular formula is C20H23N5O2S. The Morgan fingerprint density at radius 2 is 2.00 bits per heavy atom. The lowest BCUT2D eigenvalue weighted by atomic mass is 10.1. The molecule has 2 saturated heterocycles. The Morgan fingerprint density at radius 1 is 1.11 bits per heavy atom. The summed E-state index contributed by atoms with van der Waals surface area (Å²) in [5.41, 5.74) is 8.44. The van der Waals surface area contributed by atoms with Crippen molar-refractivity contribution in [3.05, 3.63) is 48.8 Å². The van der Waals surface area contributed by atoms with Gasteiger partial charge >= 0.3 is 0 Å². The van der Waals surface area contributed by atoms with Crippen LogP contribution in [-0.2, 0) is 10.0 Å². The lowest BCUT2D eigenvalue weighted by Crippen LogP contribution is -2.50.